The molecule has 0 spiro atoms. The van der Waals surface area contributed by atoms with Crippen LogP contribution in [-0.4, -0.2) is 10.1 Å². The summed E-state index contributed by atoms with van der Waals surface area (Å²) in [6, 6.07) is 5.83. The molecule has 2 rings (SSSR count). The van der Waals surface area contributed by atoms with E-state index in [-0.39, 0.29) is 5.69 Å². The number of aliphatic hydroxyl groups excluding tert-OH is 1. The molecule has 1 N–H and O–H groups in total. The molecule has 102 valence electrons. The quantitative estimate of drug-likeness (QED) is 0.898. The molecule has 0 aliphatic heterocycles. The number of alkyl halides is 3. The Morgan fingerprint density at radius 3 is 2.47 bits per heavy atom. The number of aliphatic hydroxyl groups is 1. The third-order valence-corrected chi connectivity index (χ3v) is 4.12. The summed E-state index contributed by atoms with van der Waals surface area (Å²) in [6.07, 6.45) is -4.25. The fourth-order valence-electron chi connectivity index (χ4n) is 1.53. The van der Waals surface area contributed by atoms with E-state index in [4.69, 9.17) is 0 Å². The van der Waals surface area contributed by atoms with Crippen LogP contribution in [0.15, 0.2) is 34.2 Å². The first-order valence-corrected chi connectivity index (χ1v) is 6.92. The minimum Gasteiger partial charge on any atom is -0.386 e. The summed E-state index contributed by atoms with van der Waals surface area (Å²) < 4.78 is 38.0. The van der Waals surface area contributed by atoms with Crippen LogP contribution in [0.5, 0.6) is 0 Å². The van der Waals surface area contributed by atoms with E-state index in [2.05, 4.69) is 20.9 Å². The minimum absolute atomic E-state index is 0.234. The highest BCUT2D eigenvalue weighted by molar-refractivity contribution is 9.11. The van der Waals surface area contributed by atoms with Gasteiger partial charge in [-0.25, -0.2) is 0 Å². The second-order valence-electron chi connectivity index (χ2n) is 3.90. The summed E-state index contributed by atoms with van der Waals surface area (Å²) >= 11 is 4.77. The van der Waals surface area contributed by atoms with Crippen LogP contribution in [0.25, 0.3) is 0 Å². The predicted octanol–water partition coefficient (Wildman–Crippen LogP) is 4.20. The Morgan fingerprint density at radius 2 is 2.00 bits per heavy atom. The lowest BCUT2D eigenvalue weighted by molar-refractivity contribution is -0.137. The molecule has 1 atom stereocenters. The minimum atomic E-state index is -4.41. The molecular weight excluding hydrogens is 343 g/mol. The van der Waals surface area contributed by atoms with E-state index in [1.165, 1.54) is 17.4 Å². The number of hydrogen-bond acceptors (Lipinski definition) is 3. The van der Waals surface area contributed by atoms with Crippen LogP contribution in [-0.2, 0) is 12.6 Å². The van der Waals surface area contributed by atoms with Gasteiger partial charge in [0.25, 0.3) is 0 Å². The lowest BCUT2D eigenvalue weighted by atomic mass is 10.1. The van der Waals surface area contributed by atoms with E-state index in [0.29, 0.717) is 6.42 Å². The number of thiophene rings is 1. The summed E-state index contributed by atoms with van der Waals surface area (Å²) in [5, 5.41) is 9.92. The second-order valence-corrected chi connectivity index (χ2v) is 6.44. The first kappa shape index (κ1) is 14.5. The van der Waals surface area contributed by atoms with Gasteiger partial charge in [0.05, 0.1) is 15.0 Å². The van der Waals surface area contributed by atoms with Crippen LogP contribution in [0.2, 0.25) is 0 Å². The van der Waals surface area contributed by atoms with Crippen molar-refractivity contribution in [2.45, 2.75) is 18.7 Å². The maximum atomic E-state index is 12.4. The zero-order chi connectivity index (χ0) is 14.0. The van der Waals surface area contributed by atoms with Gasteiger partial charge in [-0.1, -0.05) is 0 Å². The lowest BCUT2D eigenvalue weighted by Gasteiger charge is -2.10. The summed E-state index contributed by atoms with van der Waals surface area (Å²) in [5.74, 6) is 0. The molecule has 2 heterocycles. The average molecular weight is 352 g/mol. The third-order valence-electron chi connectivity index (χ3n) is 2.48. The number of pyridine rings is 1. The first-order valence-electron chi connectivity index (χ1n) is 5.31. The largest absolute Gasteiger partial charge is 0.417 e. The highest BCUT2D eigenvalue weighted by Crippen LogP contribution is 2.30. The number of halogens is 4. The van der Waals surface area contributed by atoms with Crippen molar-refractivity contribution in [1.29, 1.82) is 0 Å². The number of hydrogen-bond donors (Lipinski definition) is 1. The van der Waals surface area contributed by atoms with Gasteiger partial charge in [-0.05, 0) is 40.2 Å². The van der Waals surface area contributed by atoms with Crippen molar-refractivity contribution in [3.63, 3.8) is 0 Å². The average Bonchev–Trinajstić information content (AvgIpc) is 2.74. The van der Waals surface area contributed by atoms with Gasteiger partial charge >= 0.3 is 6.18 Å². The monoisotopic (exact) mass is 351 g/mol. The molecule has 0 radical (unpaired) electrons. The Bertz CT molecular complexity index is 553. The number of aromatic nitrogens is 1. The van der Waals surface area contributed by atoms with Gasteiger partial charge in [-0.3, -0.25) is 4.98 Å². The van der Waals surface area contributed by atoms with Gasteiger partial charge in [0.15, 0.2) is 0 Å². The Morgan fingerprint density at radius 1 is 1.26 bits per heavy atom. The zero-order valence-electron chi connectivity index (χ0n) is 9.49. The predicted molar refractivity (Wildman–Crippen MR) is 69.9 cm³/mol. The summed E-state index contributed by atoms with van der Waals surface area (Å²) in [6.45, 7) is 0. The van der Waals surface area contributed by atoms with Gasteiger partial charge < -0.3 is 5.11 Å². The molecule has 2 aromatic heterocycles. The van der Waals surface area contributed by atoms with Gasteiger partial charge in [-0.15, -0.1) is 11.3 Å². The van der Waals surface area contributed by atoms with E-state index in [9.17, 15) is 18.3 Å². The second kappa shape index (κ2) is 5.60. The van der Waals surface area contributed by atoms with Crippen molar-refractivity contribution in [3.05, 3.63) is 50.4 Å². The summed E-state index contributed by atoms with van der Waals surface area (Å²) in [5.41, 5.74) is -0.583. The van der Waals surface area contributed by atoms with Gasteiger partial charge in [-0.2, -0.15) is 13.2 Å². The summed E-state index contributed by atoms with van der Waals surface area (Å²) in [7, 11) is 0. The smallest absolute Gasteiger partial charge is 0.386 e. The van der Waals surface area contributed by atoms with Crippen molar-refractivity contribution in [2.24, 2.45) is 0 Å². The fraction of sp³-hybridized carbons (Fsp3) is 0.250. The molecule has 0 aromatic carbocycles. The number of nitrogens with zero attached hydrogens (tertiary/aromatic N) is 1. The van der Waals surface area contributed by atoms with Gasteiger partial charge in [0.2, 0.25) is 0 Å². The molecule has 0 bridgehead atoms. The van der Waals surface area contributed by atoms with Crippen molar-refractivity contribution >= 4 is 27.3 Å². The Labute approximate surface area is 120 Å². The van der Waals surface area contributed by atoms with Crippen molar-refractivity contribution in [3.8, 4) is 0 Å². The first-order chi connectivity index (χ1) is 8.86. The Kier molecular flexibility index (Phi) is 4.27. The van der Waals surface area contributed by atoms with Gasteiger partial charge in [0.1, 0.15) is 6.10 Å². The molecule has 19 heavy (non-hydrogen) atoms. The molecule has 0 saturated heterocycles. The molecule has 0 aliphatic carbocycles. The summed E-state index contributed by atoms with van der Waals surface area (Å²) in [4.78, 5) is 4.60. The van der Waals surface area contributed by atoms with Crippen molar-refractivity contribution in [2.75, 3.05) is 0 Å². The molecule has 1 unspecified atom stereocenters. The van der Waals surface area contributed by atoms with Crippen LogP contribution in [0.1, 0.15) is 22.2 Å². The van der Waals surface area contributed by atoms with Crippen molar-refractivity contribution < 1.29 is 18.3 Å². The SMILES string of the molecule is OC(Cc1ccc(Br)s1)c1ccc(C(F)(F)F)cn1. The van der Waals surface area contributed by atoms with Crippen LogP contribution in [0.4, 0.5) is 13.2 Å². The Balaban J connectivity index is 2.09. The Hall–Kier alpha value is -0.920. The molecule has 0 saturated carbocycles. The van der Waals surface area contributed by atoms with E-state index >= 15 is 0 Å². The normalized spacial score (nSPS) is 13.5. The molecule has 2 nitrogen and oxygen atoms in total. The standard InChI is InChI=1S/C12H9BrF3NOS/c13-11-4-2-8(19-11)5-10(18)9-3-1-7(6-17-9)12(14,15)16/h1-4,6,10,18H,5H2. The van der Waals surface area contributed by atoms with Crippen molar-refractivity contribution in [1.82, 2.24) is 4.98 Å². The topological polar surface area (TPSA) is 33.1 Å². The maximum Gasteiger partial charge on any atom is 0.417 e. The van der Waals surface area contributed by atoms with Crippen LogP contribution in [0, 0.1) is 0 Å². The van der Waals surface area contributed by atoms with Crippen LogP contribution >= 0.6 is 27.3 Å². The molecule has 0 aliphatic rings. The molecular formula is C12H9BrF3NOS. The van der Waals surface area contributed by atoms with Crippen LogP contribution in [0.3, 0.4) is 0 Å². The number of rotatable bonds is 3. The maximum absolute atomic E-state index is 12.4. The van der Waals surface area contributed by atoms with E-state index in [1.807, 2.05) is 12.1 Å². The lowest BCUT2D eigenvalue weighted by Crippen LogP contribution is -2.08. The zero-order valence-corrected chi connectivity index (χ0v) is 11.9. The highest BCUT2D eigenvalue weighted by atomic mass is 79.9. The molecule has 0 amide bonds. The van der Waals surface area contributed by atoms with E-state index in [1.54, 1.807) is 0 Å². The third kappa shape index (κ3) is 3.77. The highest BCUT2D eigenvalue weighted by Gasteiger charge is 2.30. The van der Waals surface area contributed by atoms with E-state index < -0.39 is 17.8 Å². The fourth-order valence-corrected chi connectivity index (χ4v) is 3.05. The van der Waals surface area contributed by atoms with Crippen LogP contribution < -0.4 is 0 Å². The molecule has 0 fully saturated rings. The van der Waals surface area contributed by atoms with Gasteiger partial charge in [0, 0.05) is 17.5 Å². The molecule has 2 aromatic rings. The molecule has 7 heteroatoms. The van der Waals surface area contributed by atoms with E-state index in [0.717, 1.165) is 20.9 Å².